The Morgan fingerprint density at radius 1 is 1.16 bits per heavy atom. The lowest BCUT2D eigenvalue weighted by molar-refractivity contribution is -0.188. The molecule has 2 heteroatoms. The largest absolute Gasteiger partial charge is 0.175 e. The quantitative estimate of drug-likeness (QED) is 0.629. The molecule has 0 bridgehead atoms. The van der Waals surface area contributed by atoms with Crippen LogP contribution in [-0.2, 0) is 0 Å². The summed E-state index contributed by atoms with van der Waals surface area (Å²) in [6.45, 7) is 14.5. The van der Waals surface area contributed by atoms with Crippen LogP contribution in [0.4, 0.5) is 0 Å². The summed E-state index contributed by atoms with van der Waals surface area (Å²) >= 11 is 9.90. The van der Waals surface area contributed by atoms with Gasteiger partial charge in [-0.1, -0.05) is 48.0 Å². The van der Waals surface area contributed by atoms with Gasteiger partial charge < -0.3 is 0 Å². The van der Waals surface area contributed by atoms with Gasteiger partial charge in [-0.05, 0) is 47.3 Å². The zero-order valence-corrected chi connectivity index (χ0v) is 15.3. The highest BCUT2D eigenvalue weighted by Crippen LogP contribution is 2.82. The maximum Gasteiger partial charge on any atom is 0.00853 e. The first-order valence-electron chi connectivity index (χ1n) is 8.17. The molecule has 2 rings (SSSR count). The van der Waals surface area contributed by atoms with Crippen molar-refractivity contribution in [3.63, 3.8) is 0 Å². The molecule has 7 atom stereocenters. The van der Waals surface area contributed by atoms with Crippen molar-refractivity contribution in [1.82, 2.24) is 0 Å². The number of hydrogen-bond donors (Lipinski definition) is 2. The van der Waals surface area contributed by atoms with Gasteiger partial charge in [-0.3, -0.25) is 0 Å². The van der Waals surface area contributed by atoms with E-state index in [0.29, 0.717) is 21.3 Å². The summed E-state index contributed by atoms with van der Waals surface area (Å²) in [4.78, 5) is 0. The predicted octanol–water partition coefficient (Wildman–Crippen LogP) is 5.34. The summed E-state index contributed by atoms with van der Waals surface area (Å²) in [5, 5.41) is 1.18. The summed E-state index contributed by atoms with van der Waals surface area (Å²) in [5.41, 5.74) is 0.962. The van der Waals surface area contributed by atoms with Gasteiger partial charge >= 0.3 is 0 Å². The molecule has 2 saturated carbocycles. The van der Waals surface area contributed by atoms with Crippen LogP contribution in [0.15, 0.2) is 0 Å². The minimum atomic E-state index is 0.421. The fraction of sp³-hybridized carbons (Fsp3) is 1.00. The molecule has 6 unspecified atom stereocenters. The van der Waals surface area contributed by atoms with E-state index in [4.69, 9.17) is 25.3 Å². The number of thiol groups is 2. The van der Waals surface area contributed by atoms with Crippen LogP contribution >= 0.6 is 25.3 Å². The molecule has 2 aliphatic rings. The molecule has 2 aliphatic carbocycles. The zero-order valence-electron chi connectivity index (χ0n) is 13.5. The Hall–Kier alpha value is 0.700. The molecule has 0 heterocycles. The molecule has 0 nitrogen and oxygen atoms in total. The molecule has 0 amide bonds. The second-order valence-corrected chi connectivity index (χ2v) is 8.74. The van der Waals surface area contributed by atoms with Gasteiger partial charge in [0.1, 0.15) is 0 Å². The van der Waals surface area contributed by atoms with E-state index in [1.165, 1.54) is 19.3 Å². The molecule has 1 spiro atoms. The van der Waals surface area contributed by atoms with Crippen molar-refractivity contribution in [3.8, 4) is 0 Å². The highest BCUT2D eigenvalue weighted by Gasteiger charge is 2.79. The lowest BCUT2D eigenvalue weighted by Gasteiger charge is -2.69. The van der Waals surface area contributed by atoms with Gasteiger partial charge in [-0.25, -0.2) is 0 Å². The standard InChI is InChI=1S/C17H32S2/c1-7-11(5)15-16(9-14(16)19)12(6)17(15,10(3)4)13(18)8-2/h10-15,18-19H,7-9H2,1-6H3/t11?,12?,13?,14?,15-,16?,17?/m0/s1. The van der Waals surface area contributed by atoms with Crippen molar-refractivity contribution in [3.05, 3.63) is 0 Å². The molecule has 19 heavy (non-hydrogen) atoms. The Morgan fingerprint density at radius 3 is 2.00 bits per heavy atom. The summed E-state index contributed by atoms with van der Waals surface area (Å²) < 4.78 is 0. The van der Waals surface area contributed by atoms with Gasteiger partial charge in [0.25, 0.3) is 0 Å². The first-order valence-corrected chi connectivity index (χ1v) is 9.21. The number of rotatable bonds is 5. The first kappa shape index (κ1) is 16.1. The van der Waals surface area contributed by atoms with Crippen LogP contribution in [0.3, 0.4) is 0 Å². The molecule has 0 saturated heterocycles. The summed E-state index contributed by atoms with van der Waals surface area (Å²) in [7, 11) is 0. The van der Waals surface area contributed by atoms with E-state index in [1.54, 1.807) is 0 Å². The molecule has 0 aromatic rings. The van der Waals surface area contributed by atoms with Crippen LogP contribution in [0.25, 0.3) is 0 Å². The summed E-state index contributed by atoms with van der Waals surface area (Å²) in [6, 6.07) is 0. The van der Waals surface area contributed by atoms with Crippen molar-refractivity contribution < 1.29 is 0 Å². The fourth-order valence-corrected chi connectivity index (χ4v) is 7.18. The van der Waals surface area contributed by atoms with Crippen LogP contribution in [0.5, 0.6) is 0 Å². The van der Waals surface area contributed by atoms with E-state index >= 15 is 0 Å². The molecule has 112 valence electrons. The molecule has 0 N–H and O–H groups in total. The van der Waals surface area contributed by atoms with Gasteiger partial charge in [0.15, 0.2) is 0 Å². The van der Waals surface area contributed by atoms with Crippen LogP contribution in [0.1, 0.15) is 60.8 Å². The third-order valence-electron chi connectivity index (χ3n) is 6.86. The highest BCUT2D eigenvalue weighted by molar-refractivity contribution is 7.81. The Labute approximate surface area is 131 Å². The Bertz CT molecular complexity index is 340. The monoisotopic (exact) mass is 300 g/mol. The first-order chi connectivity index (χ1) is 8.81. The van der Waals surface area contributed by atoms with Gasteiger partial charge in [-0.2, -0.15) is 25.3 Å². The Morgan fingerprint density at radius 2 is 1.68 bits per heavy atom. The average Bonchev–Trinajstić information content (AvgIpc) is 3.06. The van der Waals surface area contributed by atoms with Crippen molar-refractivity contribution in [2.24, 2.45) is 34.5 Å². The maximum absolute atomic E-state index is 5.04. The fourth-order valence-electron chi connectivity index (χ4n) is 5.80. The zero-order chi connectivity index (χ0) is 14.6. The average molecular weight is 301 g/mol. The second-order valence-electron chi connectivity index (χ2n) is 7.50. The Balaban J connectivity index is 2.42. The molecule has 0 aromatic carbocycles. The van der Waals surface area contributed by atoms with E-state index in [-0.39, 0.29) is 0 Å². The minimum absolute atomic E-state index is 0.421. The van der Waals surface area contributed by atoms with E-state index in [2.05, 4.69) is 41.5 Å². The third-order valence-corrected chi connectivity index (χ3v) is 8.33. The van der Waals surface area contributed by atoms with Crippen molar-refractivity contribution in [2.75, 3.05) is 0 Å². The second kappa shape index (κ2) is 5.16. The van der Waals surface area contributed by atoms with Gasteiger partial charge in [0.2, 0.25) is 0 Å². The normalized spacial score (nSPS) is 48.2. The Kier molecular flexibility index (Phi) is 4.36. The van der Waals surface area contributed by atoms with Gasteiger partial charge in [0.05, 0.1) is 0 Å². The van der Waals surface area contributed by atoms with Crippen LogP contribution < -0.4 is 0 Å². The molecular weight excluding hydrogens is 268 g/mol. The van der Waals surface area contributed by atoms with E-state index in [1.807, 2.05) is 0 Å². The lowest BCUT2D eigenvalue weighted by atomic mass is 9.37. The van der Waals surface area contributed by atoms with Crippen molar-refractivity contribution in [1.29, 1.82) is 0 Å². The topological polar surface area (TPSA) is 0 Å². The molecule has 0 radical (unpaired) electrons. The maximum atomic E-state index is 5.04. The molecule has 0 aromatic heterocycles. The van der Waals surface area contributed by atoms with Crippen molar-refractivity contribution >= 4 is 25.3 Å². The molecule has 0 aliphatic heterocycles. The van der Waals surface area contributed by atoms with E-state index in [0.717, 1.165) is 23.7 Å². The van der Waals surface area contributed by atoms with Crippen molar-refractivity contribution in [2.45, 2.75) is 71.3 Å². The van der Waals surface area contributed by atoms with Gasteiger partial charge in [-0.15, -0.1) is 0 Å². The lowest BCUT2D eigenvalue weighted by Crippen LogP contribution is -2.67. The van der Waals surface area contributed by atoms with Gasteiger partial charge in [0, 0.05) is 10.5 Å². The smallest absolute Gasteiger partial charge is 0.00853 e. The van der Waals surface area contributed by atoms with E-state index < -0.39 is 0 Å². The van der Waals surface area contributed by atoms with E-state index in [9.17, 15) is 0 Å². The minimum Gasteiger partial charge on any atom is -0.175 e. The van der Waals surface area contributed by atoms with Crippen LogP contribution in [0.2, 0.25) is 0 Å². The van der Waals surface area contributed by atoms with Crippen LogP contribution in [0, 0.1) is 34.5 Å². The predicted molar refractivity (Wildman–Crippen MR) is 92.3 cm³/mol. The SMILES string of the molecule is CCC(C)[C@H]1C2(CC2S)C(C)C1(C(C)C)C(S)CC. The molecule has 2 fully saturated rings. The number of hydrogen-bond acceptors (Lipinski definition) is 2. The van der Waals surface area contributed by atoms with Crippen LogP contribution in [-0.4, -0.2) is 10.5 Å². The highest BCUT2D eigenvalue weighted by atomic mass is 32.1. The molecular formula is C17H32S2. The summed E-state index contributed by atoms with van der Waals surface area (Å²) in [5.74, 6) is 3.13. The third kappa shape index (κ3) is 1.81. The summed E-state index contributed by atoms with van der Waals surface area (Å²) in [6.07, 6.45) is 3.81.